The van der Waals surface area contributed by atoms with Crippen LogP contribution in [0.2, 0.25) is 0 Å². The summed E-state index contributed by atoms with van der Waals surface area (Å²) in [4.78, 5) is 27.9. The third kappa shape index (κ3) is 6.12. The van der Waals surface area contributed by atoms with Gasteiger partial charge in [0.25, 0.3) is 5.91 Å². The molecule has 0 unspecified atom stereocenters. The van der Waals surface area contributed by atoms with E-state index in [0.717, 1.165) is 12.1 Å². The second kappa shape index (κ2) is 10.1. The minimum Gasteiger partial charge on any atom is -0.383 e. The van der Waals surface area contributed by atoms with Crippen LogP contribution in [0, 0.1) is 0 Å². The van der Waals surface area contributed by atoms with Crippen molar-refractivity contribution in [3.8, 4) is 0 Å². The van der Waals surface area contributed by atoms with Crippen LogP contribution in [0.15, 0.2) is 24.3 Å². The summed E-state index contributed by atoms with van der Waals surface area (Å²) in [6.07, 6.45) is 0. The largest absolute Gasteiger partial charge is 0.383 e. The third-order valence-electron chi connectivity index (χ3n) is 4.14. The standard InChI is InChI=1S/C18H27N3O4/c1-24-11-9-21(10-12-25-2)18(23)16-5-3-15(4-6-16)13-20-8-7-19-17(22)14-20/h3-6H,7-14H2,1-2H3,(H,19,22). The first-order valence-corrected chi connectivity index (χ1v) is 8.49. The predicted molar refractivity (Wildman–Crippen MR) is 94.4 cm³/mol. The van der Waals surface area contributed by atoms with Gasteiger partial charge in [-0.25, -0.2) is 0 Å². The van der Waals surface area contributed by atoms with Gasteiger partial charge in [0.2, 0.25) is 5.91 Å². The van der Waals surface area contributed by atoms with E-state index in [2.05, 4.69) is 10.2 Å². The summed E-state index contributed by atoms with van der Waals surface area (Å²) in [5, 5.41) is 2.82. The minimum atomic E-state index is -0.0296. The number of benzene rings is 1. The maximum Gasteiger partial charge on any atom is 0.254 e. The van der Waals surface area contributed by atoms with E-state index in [1.807, 2.05) is 24.3 Å². The molecule has 0 bridgehead atoms. The van der Waals surface area contributed by atoms with Crippen LogP contribution in [0.4, 0.5) is 0 Å². The van der Waals surface area contributed by atoms with E-state index in [1.54, 1.807) is 19.1 Å². The fourth-order valence-corrected chi connectivity index (χ4v) is 2.74. The molecule has 1 saturated heterocycles. The number of carbonyl (C=O) groups is 2. The van der Waals surface area contributed by atoms with Gasteiger partial charge in [0.1, 0.15) is 0 Å². The van der Waals surface area contributed by atoms with E-state index in [9.17, 15) is 9.59 Å². The van der Waals surface area contributed by atoms with Gasteiger partial charge in [0.15, 0.2) is 0 Å². The average molecular weight is 349 g/mol. The summed E-state index contributed by atoms with van der Waals surface area (Å²) >= 11 is 0. The molecule has 0 aliphatic carbocycles. The Balaban J connectivity index is 1.96. The summed E-state index contributed by atoms with van der Waals surface area (Å²) in [6.45, 7) is 4.70. The number of nitrogens with one attached hydrogen (secondary N) is 1. The highest BCUT2D eigenvalue weighted by molar-refractivity contribution is 5.94. The quantitative estimate of drug-likeness (QED) is 0.697. The van der Waals surface area contributed by atoms with E-state index >= 15 is 0 Å². The molecular formula is C18H27N3O4. The van der Waals surface area contributed by atoms with E-state index in [-0.39, 0.29) is 11.8 Å². The van der Waals surface area contributed by atoms with Gasteiger partial charge in [-0.3, -0.25) is 14.5 Å². The molecule has 7 heteroatoms. The monoisotopic (exact) mass is 349 g/mol. The molecule has 138 valence electrons. The molecular weight excluding hydrogens is 322 g/mol. The van der Waals surface area contributed by atoms with Gasteiger partial charge in [-0.05, 0) is 17.7 Å². The molecule has 1 aliphatic rings. The molecule has 2 amide bonds. The summed E-state index contributed by atoms with van der Waals surface area (Å²) in [5.41, 5.74) is 1.74. The molecule has 0 radical (unpaired) electrons. The first-order valence-electron chi connectivity index (χ1n) is 8.49. The van der Waals surface area contributed by atoms with Gasteiger partial charge in [0.05, 0.1) is 19.8 Å². The predicted octanol–water partition coefficient (Wildman–Crippen LogP) is 0.353. The van der Waals surface area contributed by atoms with Crippen molar-refractivity contribution in [2.24, 2.45) is 0 Å². The molecule has 7 nitrogen and oxygen atoms in total. The lowest BCUT2D eigenvalue weighted by Gasteiger charge is -2.26. The first kappa shape index (κ1) is 19.4. The molecule has 1 fully saturated rings. The third-order valence-corrected chi connectivity index (χ3v) is 4.14. The Labute approximate surface area is 148 Å². The molecule has 0 saturated carbocycles. The van der Waals surface area contributed by atoms with Crippen molar-refractivity contribution in [1.29, 1.82) is 0 Å². The molecule has 1 aliphatic heterocycles. The molecule has 1 aromatic carbocycles. The topological polar surface area (TPSA) is 71.1 Å². The van der Waals surface area contributed by atoms with Crippen LogP contribution in [0.25, 0.3) is 0 Å². The smallest absolute Gasteiger partial charge is 0.254 e. The second-order valence-corrected chi connectivity index (χ2v) is 6.04. The van der Waals surface area contributed by atoms with Crippen LogP contribution < -0.4 is 5.32 Å². The number of nitrogens with zero attached hydrogens (tertiary/aromatic N) is 2. The second-order valence-electron chi connectivity index (χ2n) is 6.04. The molecule has 0 spiro atoms. The number of amides is 2. The lowest BCUT2D eigenvalue weighted by Crippen LogP contribution is -2.47. The average Bonchev–Trinajstić information content (AvgIpc) is 2.62. The number of piperazine rings is 1. The Morgan fingerprint density at radius 1 is 1.16 bits per heavy atom. The normalized spacial score (nSPS) is 15.0. The molecule has 1 heterocycles. The molecule has 25 heavy (non-hydrogen) atoms. The van der Waals surface area contributed by atoms with E-state index in [0.29, 0.717) is 51.5 Å². The molecule has 0 aromatic heterocycles. The number of methoxy groups -OCH3 is 2. The van der Waals surface area contributed by atoms with E-state index in [1.165, 1.54) is 0 Å². The van der Waals surface area contributed by atoms with E-state index in [4.69, 9.17) is 9.47 Å². The van der Waals surface area contributed by atoms with Gasteiger partial charge in [-0.15, -0.1) is 0 Å². The number of carbonyl (C=O) groups excluding carboxylic acids is 2. The highest BCUT2D eigenvalue weighted by Gasteiger charge is 2.17. The van der Waals surface area contributed by atoms with Gasteiger partial charge >= 0.3 is 0 Å². The summed E-state index contributed by atoms with van der Waals surface area (Å²) in [5.74, 6) is 0.0305. The fraction of sp³-hybridized carbons (Fsp3) is 0.556. The van der Waals surface area contributed by atoms with Gasteiger partial charge < -0.3 is 19.7 Å². The van der Waals surface area contributed by atoms with Crippen LogP contribution in [-0.2, 0) is 20.8 Å². The lowest BCUT2D eigenvalue weighted by molar-refractivity contribution is -0.124. The van der Waals surface area contributed by atoms with Gasteiger partial charge in [-0.1, -0.05) is 12.1 Å². The van der Waals surface area contributed by atoms with Crippen LogP contribution in [-0.4, -0.2) is 81.8 Å². The Hall–Kier alpha value is -1.96. The van der Waals surface area contributed by atoms with Crippen molar-refractivity contribution < 1.29 is 19.1 Å². The SMILES string of the molecule is COCCN(CCOC)C(=O)c1ccc(CN2CCNC(=O)C2)cc1. The van der Waals surface area contributed by atoms with Crippen molar-refractivity contribution in [2.45, 2.75) is 6.54 Å². The maximum atomic E-state index is 12.7. The molecule has 2 rings (SSSR count). The minimum absolute atomic E-state index is 0.0296. The summed E-state index contributed by atoms with van der Waals surface area (Å²) in [6, 6.07) is 7.58. The van der Waals surface area contributed by atoms with Crippen molar-refractivity contribution in [3.63, 3.8) is 0 Å². The van der Waals surface area contributed by atoms with Crippen molar-refractivity contribution in [3.05, 3.63) is 35.4 Å². The van der Waals surface area contributed by atoms with Crippen LogP contribution in [0.1, 0.15) is 15.9 Å². The Kier molecular flexibility index (Phi) is 7.84. The fourth-order valence-electron chi connectivity index (χ4n) is 2.74. The molecule has 1 aromatic rings. The molecule has 1 N–H and O–H groups in total. The van der Waals surface area contributed by atoms with Crippen LogP contribution in [0.5, 0.6) is 0 Å². The van der Waals surface area contributed by atoms with Crippen molar-refractivity contribution in [2.75, 3.05) is 60.2 Å². The van der Waals surface area contributed by atoms with Crippen molar-refractivity contribution in [1.82, 2.24) is 15.1 Å². The Morgan fingerprint density at radius 2 is 1.80 bits per heavy atom. The van der Waals surface area contributed by atoms with Crippen LogP contribution in [0.3, 0.4) is 0 Å². The number of ether oxygens (including phenoxy) is 2. The number of rotatable bonds is 9. The van der Waals surface area contributed by atoms with Crippen LogP contribution >= 0.6 is 0 Å². The number of hydrogen-bond acceptors (Lipinski definition) is 5. The zero-order chi connectivity index (χ0) is 18.1. The highest BCUT2D eigenvalue weighted by Crippen LogP contribution is 2.11. The first-order chi connectivity index (χ1) is 12.1. The lowest BCUT2D eigenvalue weighted by atomic mass is 10.1. The van der Waals surface area contributed by atoms with E-state index < -0.39 is 0 Å². The maximum absolute atomic E-state index is 12.7. The van der Waals surface area contributed by atoms with Gasteiger partial charge in [0, 0.05) is 52.5 Å². The zero-order valence-corrected chi connectivity index (χ0v) is 15.0. The highest BCUT2D eigenvalue weighted by atomic mass is 16.5. The Morgan fingerprint density at radius 3 is 2.36 bits per heavy atom. The zero-order valence-electron chi connectivity index (χ0n) is 15.0. The molecule has 0 atom stereocenters. The van der Waals surface area contributed by atoms with Crippen molar-refractivity contribution >= 4 is 11.8 Å². The Bertz CT molecular complexity index is 554. The summed E-state index contributed by atoms with van der Waals surface area (Å²) in [7, 11) is 3.24. The number of hydrogen-bond donors (Lipinski definition) is 1. The summed E-state index contributed by atoms with van der Waals surface area (Å²) < 4.78 is 10.2. The van der Waals surface area contributed by atoms with Gasteiger partial charge in [-0.2, -0.15) is 0 Å².